The Hall–Kier alpha value is -0.170. The van der Waals surface area contributed by atoms with E-state index in [-0.39, 0.29) is 0 Å². The zero-order valence-electron chi connectivity index (χ0n) is 9.28. The first-order valence-corrected chi connectivity index (χ1v) is 6.91. The summed E-state index contributed by atoms with van der Waals surface area (Å²) in [4.78, 5) is 0. The van der Waals surface area contributed by atoms with E-state index in [1.807, 2.05) is 0 Å². The number of rotatable bonds is 8. The molecular formula is C9H21N3O2S. The molecule has 0 aromatic rings. The summed E-state index contributed by atoms with van der Waals surface area (Å²) < 4.78 is 27.3. The average Bonchev–Trinajstić information content (AvgIpc) is 2.96. The van der Waals surface area contributed by atoms with E-state index in [2.05, 4.69) is 4.72 Å². The molecule has 1 rings (SSSR count). The van der Waals surface area contributed by atoms with Gasteiger partial charge in [-0.15, -0.1) is 0 Å². The van der Waals surface area contributed by atoms with Crippen LogP contribution in [0.3, 0.4) is 0 Å². The molecule has 1 aliphatic rings. The fourth-order valence-electron chi connectivity index (χ4n) is 1.34. The summed E-state index contributed by atoms with van der Waals surface area (Å²) in [7, 11) is -1.62. The Morgan fingerprint density at radius 2 is 2.07 bits per heavy atom. The number of nitrogens with zero attached hydrogens (tertiary/aromatic N) is 1. The van der Waals surface area contributed by atoms with Gasteiger partial charge in [0.2, 0.25) is 0 Å². The molecule has 0 aliphatic heterocycles. The molecule has 0 heterocycles. The van der Waals surface area contributed by atoms with Gasteiger partial charge in [0.1, 0.15) is 0 Å². The molecule has 0 atom stereocenters. The van der Waals surface area contributed by atoms with Crippen molar-refractivity contribution in [3.8, 4) is 0 Å². The first kappa shape index (κ1) is 12.9. The molecule has 0 saturated heterocycles. The lowest BCUT2D eigenvalue weighted by molar-refractivity contribution is 0.442. The zero-order valence-corrected chi connectivity index (χ0v) is 10.1. The molecule has 0 aromatic heterocycles. The number of nitrogens with two attached hydrogens (primary N) is 1. The third-order valence-electron chi connectivity index (χ3n) is 2.54. The Balaban J connectivity index is 2.23. The maximum Gasteiger partial charge on any atom is 0.279 e. The van der Waals surface area contributed by atoms with Crippen LogP contribution in [0.5, 0.6) is 0 Å². The van der Waals surface area contributed by atoms with Crippen molar-refractivity contribution in [2.24, 2.45) is 11.7 Å². The van der Waals surface area contributed by atoms with Crippen LogP contribution in [0.4, 0.5) is 0 Å². The van der Waals surface area contributed by atoms with Crippen LogP contribution in [0.15, 0.2) is 0 Å². The second kappa shape index (κ2) is 5.79. The molecule has 15 heavy (non-hydrogen) atoms. The van der Waals surface area contributed by atoms with Gasteiger partial charge in [0, 0.05) is 20.1 Å². The predicted molar refractivity (Wildman–Crippen MR) is 60.6 cm³/mol. The molecule has 3 N–H and O–H groups in total. The van der Waals surface area contributed by atoms with E-state index in [1.165, 1.54) is 4.31 Å². The van der Waals surface area contributed by atoms with Gasteiger partial charge in [-0.2, -0.15) is 12.7 Å². The van der Waals surface area contributed by atoms with Crippen LogP contribution in [-0.4, -0.2) is 39.4 Å². The molecule has 1 aliphatic carbocycles. The zero-order chi connectivity index (χ0) is 11.3. The van der Waals surface area contributed by atoms with Crippen LogP contribution in [0, 0.1) is 5.92 Å². The summed E-state index contributed by atoms with van der Waals surface area (Å²) in [5.74, 6) is 0.579. The topological polar surface area (TPSA) is 75.4 Å². The molecule has 90 valence electrons. The van der Waals surface area contributed by atoms with Gasteiger partial charge in [-0.3, -0.25) is 0 Å². The van der Waals surface area contributed by atoms with E-state index < -0.39 is 10.2 Å². The number of hydrogen-bond acceptors (Lipinski definition) is 3. The average molecular weight is 235 g/mol. The van der Waals surface area contributed by atoms with Crippen molar-refractivity contribution >= 4 is 10.2 Å². The van der Waals surface area contributed by atoms with E-state index >= 15 is 0 Å². The Labute approximate surface area is 92.2 Å². The van der Waals surface area contributed by atoms with Gasteiger partial charge in [0.05, 0.1) is 0 Å². The molecule has 0 spiro atoms. The highest BCUT2D eigenvalue weighted by atomic mass is 32.2. The second-order valence-electron chi connectivity index (χ2n) is 4.12. The van der Waals surface area contributed by atoms with Gasteiger partial charge in [-0.25, -0.2) is 4.72 Å². The van der Waals surface area contributed by atoms with Crippen molar-refractivity contribution in [1.82, 2.24) is 9.03 Å². The van der Waals surface area contributed by atoms with Crippen LogP contribution in [0.25, 0.3) is 0 Å². The molecule has 0 unspecified atom stereocenters. The van der Waals surface area contributed by atoms with Crippen molar-refractivity contribution < 1.29 is 8.42 Å². The molecule has 0 bridgehead atoms. The molecule has 1 saturated carbocycles. The first-order valence-electron chi connectivity index (χ1n) is 5.47. The van der Waals surface area contributed by atoms with Gasteiger partial charge >= 0.3 is 0 Å². The Kier molecular flexibility index (Phi) is 4.98. The van der Waals surface area contributed by atoms with E-state index in [0.29, 0.717) is 25.6 Å². The molecule has 0 aromatic carbocycles. The van der Waals surface area contributed by atoms with Gasteiger partial charge in [-0.1, -0.05) is 0 Å². The summed E-state index contributed by atoms with van der Waals surface area (Å²) in [5.41, 5.74) is 5.32. The van der Waals surface area contributed by atoms with Crippen LogP contribution in [0.2, 0.25) is 0 Å². The summed E-state index contributed by atoms with van der Waals surface area (Å²) in [6, 6.07) is 0. The van der Waals surface area contributed by atoms with Crippen molar-refractivity contribution in [3.05, 3.63) is 0 Å². The lowest BCUT2D eigenvalue weighted by atomic mass is 10.3. The molecule has 0 amide bonds. The van der Waals surface area contributed by atoms with Crippen LogP contribution < -0.4 is 10.5 Å². The van der Waals surface area contributed by atoms with E-state index in [0.717, 1.165) is 25.7 Å². The Bertz CT molecular complexity index is 275. The van der Waals surface area contributed by atoms with Crippen molar-refractivity contribution in [2.45, 2.75) is 25.7 Å². The maximum atomic E-state index is 11.6. The fourth-order valence-corrected chi connectivity index (χ4v) is 2.37. The normalized spacial score (nSPS) is 17.3. The second-order valence-corrected chi connectivity index (χ2v) is 5.98. The van der Waals surface area contributed by atoms with E-state index in [4.69, 9.17) is 5.73 Å². The van der Waals surface area contributed by atoms with Crippen LogP contribution in [0.1, 0.15) is 25.7 Å². The maximum absolute atomic E-state index is 11.6. The molecule has 5 nitrogen and oxygen atoms in total. The highest BCUT2D eigenvalue weighted by molar-refractivity contribution is 7.87. The highest BCUT2D eigenvalue weighted by Gasteiger charge is 2.27. The van der Waals surface area contributed by atoms with E-state index in [1.54, 1.807) is 7.05 Å². The van der Waals surface area contributed by atoms with Crippen LogP contribution >= 0.6 is 0 Å². The minimum Gasteiger partial charge on any atom is -0.330 e. The SMILES string of the molecule is CN(CC1CC1)S(=O)(=O)NCCCCN. The predicted octanol–water partition coefficient (Wildman–Crippen LogP) is -0.0985. The van der Waals surface area contributed by atoms with Crippen molar-refractivity contribution in [1.29, 1.82) is 0 Å². The summed E-state index contributed by atoms with van der Waals surface area (Å²) in [6.07, 6.45) is 3.97. The quantitative estimate of drug-likeness (QED) is 0.577. The van der Waals surface area contributed by atoms with Gasteiger partial charge in [-0.05, 0) is 38.1 Å². The lowest BCUT2D eigenvalue weighted by Crippen LogP contribution is -2.39. The Morgan fingerprint density at radius 1 is 1.40 bits per heavy atom. The van der Waals surface area contributed by atoms with Gasteiger partial charge < -0.3 is 5.73 Å². The van der Waals surface area contributed by atoms with E-state index in [9.17, 15) is 8.42 Å². The van der Waals surface area contributed by atoms with Gasteiger partial charge in [0.25, 0.3) is 10.2 Å². The minimum absolute atomic E-state index is 0.481. The number of unbranched alkanes of at least 4 members (excludes halogenated alkanes) is 1. The fraction of sp³-hybridized carbons (Fsp3) is 1.00. The highest BCUT2D eigenvalue weighted by Crippen LogP contribution is 2.29. The summed E-state index contributed by atoms with van der Waals surface area (Å²) in [6.45, 7) is 1.74. The van der Waals surface area contributed by atoms with Crippen molar-refractivity contribution in [2.75, 3.05) is 26.7 Å². The molecule has 0 radical (unpaired) electrons. The number of nitrogens with one attached hydrogen (secondary N) is 1. The summed E-state index contributed by atoms with van der Waals surface area (Å²) in [5, 5.41) is 0. The monoisotopic (exact) mass is 235 g/mol. The molecule has 6 heteroatoms. The molecule has 1 fully saturated rings. The van der Waals surface area contributed by atoms with Gasteiger partial charge in [0.15, 0.2) is 0 Å². The van der Waals surface area contributed by atoms with Crippen LogP contribution in [-0.2, 0) is 10.2 Å². The number of hydrogen-bond donors (Lipinski definition) is 2. The smallest absolute Gasteiger partial charge is 0.279 e. The third kappa shape index (κ3) is 4.92. The lowest BCUT2D eigenvalue weighted by Gasteiger charge is -2.17. The minimum atomic E-state index is -3.25. The molecular weight excluding hydrogens is 214 g/mol. The van der Waals surface area contributed by atoms with Crippen molar-refractivity contribution in [3.63, 3.8) is 0 Å². The largest absolute Gasteiger partial charge is 0.330 e. The summed E-state index contributed by atoms with van der Waals surface area (Å²) >= 11 is 0. The Morgan fingerprint density at radius 3 is 2.60 bits per heavy atom. The first-order chi connectivity index (χ1) is 7.06. The standard InChI is InChI=1S/C9H21N3O2S/c1-12(8-9-4-5-9)15(13,14)11-7-3-2-6-10/h9,11H,2-8,10H2,1H3. The third-order valence-corrected chi connectivity index (χ3v) is 4.08.